The molecule has 0 amide bonds. The molecule has 0 fully saturated rings. The summed E-state index contributed by atoms with van der Waals surface area (Å²) in [5.74, 6) is -2.11. The minimum atomic E-state index is -4.67. The van der Waals surface area contributed by atoms with E-state index in [1.807, 2.05) is 0 Å². The quantitative estimate of drug-likeness (QED) is 0.771. The summed E-state index contributed by atoms with van der Waals surface area (Å²) in [6, 6.07) is 1.37. The van der Waals surface area contributed by atoms with E-state index in [1.165, 1.54) is 0 Å². The Bertz CT molecular complexity index is 424. The number of phenolic OH excluding ortho intramolecular Hbond substituents is 2. The van der Waals surface area contributed by atoms with Crippen LogP contribution in [0.5, 0.6) is 11.5 Å². The molecule has 0 spiro atoms. The van der Waals surface area contributed by atoms with Crippen molar-refractivity contribution in [2.24, 2.45) is 0 Å². The van der Waals surface area contributed by atoms with E-state index in [4.69, 9.17) is 5.11 Å². The van der Waals surface area contributed by atoms with Gasteiger partial charge < -0.3 is 10.2 Å². The summed E-state index contributed by atoms with van der Waals surface area (Å²) in [5.41, 5.74) is -1.71. The number of hydrogen-bond donors (Lipinski definition) is 2. The number of rotatable bonds is 2. The first kappa shape index (κ1) is 12.4. The van der Waals surface area contributed by atoms with Crippen molar-refractivity contribution in [3.05, 3.63) is 23.3 Å². The molecule has 3 nitrogen and oxygen atoms in total. The van der Waals surface area contributed by atoms with Crippen molar-refractivity contribution in [3.63, 3.8) is 0 Å². The molecule has 0 aliphatic rings. The van der Waals surface area contributed by atoms with Gasteiger partial charge in [-0.3, -0.25) is 4.79 Å². The number of phenols is 2. The van der Waals surface area contributed by atoms with Crippen LogP contribution < -0.4 is 0 Å². The Hall–Kier alpha value is -1.72. The third-order valence-electron chi connectivity index (χ3n) is 1.99. The molecule has 16 heavy (non-hydrogen) atoms. The van der Waals surface area contributed by atoms with Gasteiger partial charge in [0.05, 0.1) is 5.56 Å². The number of aromatic hydroxyl groups is 2. The Morgan fingerprint density at radius 3 is 2.31 bits per heavy atom. The first-order chi connectivity index (χ1) is 7.23. The van der Waals surface area contributed by atoms with Crippen LogP contribution in [0.2, 0.25) is 0 Å². The highest BCUT2D eigenvalue weighted by Gasteiger charge is 2.35. The molecule has 0 aliphatic heterocycles. The van der Waals surface area contributed by atoms with Gasteiger partial charge in [-0.15, -0.1) is 0 Å². The molecule has 1 rings (SSSR count). The first-order valence-electron chi connectivity index (χ1n) is 4.34. The predicted molar refractivity (Wildman–Crippen MR) is 49.2 cm³/mol. The van der Waals surface area contributed by atoms with Crippen LogP contribution in [0.4, 0.5) is 13.2 Å². The molecule has 0 heterocycles. The van der Waals surface area contributed by atoms with Crippen LogP contribution >= 0.6 is 0 Å². The molecule has 0 aromatic heterocycles. The fourth-order valence-corrected chi connectivity index (χ4v) is 1.32. The van der Waals surface area contributed by atoms with Gasteiger partial charge in [0.15, 0.2) is 11.5 Å². The molecule has 0 atom stereocenters. The Labute approximate surface area is 89.1 Å². The van der Waals surface area contributed by atoms with E-state index < -0.39 is 41.0 Å². The van der Waals surface area contributed by atoms with Gasteiger partial charge in [-0.25, -0.2) is 0 Å². The number of benzene rings is 1. The largest absolute Gasteiger partial charge is 0.504 e. The molecule has 88 valence electrons. The van der Waals surface area contributed by atoms with Crippen LogP contribution in [-0.2, 0) is 17.4 Å². The number of alkyl halides is 3. The molecule has 6 heteroatoms. The maximum Gasteiger partial charge on any atom is 0.416 e. The van der Waals surface area contributed by atoms with E-state index in [0.717, 1.165) is 13.0 Å². The average molecular weight is 234 g/mol. The summed E-state index contributed by atoms with van der Waals surface area (Å²) in [6.45, 7) is 1.10. The lowest BCUT2D eigenvalue weighted by Crippen LogP contribution is -2.11. The van der Waals surface area contributed by atoms with Gasteiger partial charge in [0.2, 0.25) is 0 Å². The molecule has 0 aliphatic carbocycles. The smallest absolute Gasteiger partial charge is 0.416 e. The molecule has 0 unspecified atom stereocenters. The summed E-state index contributed by atoms with van der Waals surface area (Å²) in [6.07, 6.45) is -5.24. The van der Waals surface area contributed by atoms with Gasteiger partial charge in [0.25, 0.3) is 0 Å². The van der Waals surface area contributed by atoms with E-state index >= 15 is 0 Å². The highest BCUT2D eigenvalue weighted by molar-refractivity contribution is 5.80. The minimum absolute atomic E-state index is 0.536. The van der Waals surface area contributed by atoms with Crippen molar-refractivity contribution in [1.29, 1.82) is 0 Å². The third kappa shape index (κ3) is 2.44. The maximum absolute atomic E-state index is 12.5. The van der Waals surface area contributed by atoms with Crippen LogP contribution in [0.25, 0.3) is 0 Å². The number of hydrogen-bond acceptors (Lipinski definition) is 3. The predicted octanol–water partition coefficient (Wildman–Crippen LogP) is 2.25. The SMILES string of the molecule is CC(=O)Cc1c(C(F)(F)F)ccc(O)c1O. The van der Waals surface area contributed by atoms with E-state index in [9.17, 15) is 23.1 Å². The number of Topliss-reactive ketones (excluding diaryl/α,β-unsaturated/α-hetero) is 1. The van der Waals surface area contributed by atoms with Crippen LogP contribution in [0.15, 0.2) is 12.1 Å². The second-order valence-corrected chi connectivity index (χ2v) is 3.34. The molecule has 2 N–H and O–H groups in total. The second kappa shape index (κ2) is 4.03. The van der Waals surface area contributed by atoms with E-state index in [1.54, 1.807) is 0 Å². The van der Waals surface area contributed by atoms with Crippen LogP contribution in [0, 0.1) is 0 Å². The van der Waals surface area contributed by atoms with Gasteiger partial charge in [0, 0.05) is 12.0 Å². The number of ketones is 1. The Morgan fingerprint density at radius 1 is 1.31 bits per heavy atom. The van der Waals surface area contributed by atoms with Gasteiger partial charge >= 0.3 is 6.18 Å². The standard InChI is InChI=1S/C10H9F3O3/c1-5(14)4-6-7(10(11,12)13)2-3-8(15)9(6)16/h2-3,15-16H,4H2,1H3. The zero-order valence-corrected chi connectivity index (χ0v) is 8.30. The van der Waals surface area contributed by atoms with E-state index in [2.05, 4.69) is 0 Å². The number of carbonyl (C=O) groups is 1. The summed E-state index contributed by atoms with van der Waals surface area (Å²) in [7, 11) is 0. The van der Waals surface area contributed by atoms with Crippen molar-refractivity contribution in [3.8, 4) is 11.5 Å². The van der Waals surface area contributed by atoms with Crippen molar-refractivity contribution < 1.29 is 28.2 Å². The molecule has 0 saturated carbocycles. The normalized spacial score (nSPS) is 11.5. The molecule has 0 bridgehead atoms. The highest BCUT2D eigenvalue weighted by atomic mass is 19.4. The lowest BCUT2D eigenvalue weighted by atomic mass is 10.0. The summed E-state index contributed by atoms with van der Waals surface area (Å²) < 4.78 is 37.5. The Morgan fingerprint density at radius 2 is 1.88 bits per heavy atom. The van der Waals surface area contributed by atoms with E-state index in [-0.39, 0.29) is 0 Å². The van der Waals surface area contributed by atoms with Crippen LogP contribution in [0.1, 0.15) is 18.1 Å². The third-order valence-corrected chi connectivity index (χ3v) is 1.99. The van der Waals surface area contributed by atoms with Gasteiger partial charge in [-0.05, 0) is 19.1 Å². The van der Waals surface area contributed by atoms with Crippen molar-refractivity contribution >= 4 is 5.78 Å². The topological polar surface area (TPSA) is 57.5 Å². The van der Waals surface area contributed by atoms with Crippen LogP contribution in [-0.4, -0.2) is 16.0 Å². The van der Waals surface area contributed by atoms with Crippen molar-refractivity contribution in [1.82, 2.24) is 0 Å². The molecule has 1 aromatic rings. The van der Waals surface area contributed by atoms with Crippen molar-refractivity contribution in [2.75, 3.05) is 0 Å². The van der Waals surface area contributed by atoms with E-state index in [0.29, 0.717) is 6.07 Å². The Balaban J connectivity index is 3.39. The summed E-state index contributed by atoms with van der Waals surface area (Å²) in [4.78, 5) is 10.8. The Kier molecular flexibility index (Phi) is 3.11. The molecule has 0 saturated heterocycles. The van der Waals surface area contributed by atoms with Gasteiger partial charge in [0.1, 0.15) is 5.78 Å². The minimum Gasteiger partial charge on any atom is -0.504 e. The molecule has 1 aromatic carbocycles. The number of halogens is 3. The fourth-order valence-electron chi connectivity index (χ4n) is 1.32. The second-order valence-electron chi connectivity index (χ2n) is 3.34. The van der Waals surface area contributed by atoms with Gasteiger partial charge in [-0.1, -0.05) is 0 Å². The zero-order valence-electron chi connectivity index (χ0n) is 8.30. The molecule has 0 radical (unpaired) electrons. The lowest BCUT2D eigenvalue weighted by Gasteiger charge is -2.14. The highest BCUT2D eigenvalue weighted by Crippen LogP contribution is 2.40. The van der Waals surface area contributed by atoms with Crippen LogP contribution in [0.3, 0.4) is 0 Å². The zero-order chi connectivity index (χ0) is 12.5. The summed E-state index contributed by atoms with van der Waals surface area (Å²) in [5, 5.41) is 18.4. The molecular weight excluding hydrogens is 225 g/mol. The number of carbonyl (C=O) groups excluding carboxylic acids is 1. The summed E-state index contributed by atoms with van der Waals surface area (Å²) >= 11 is 0. The van der Waals surface area contributed by atoms with Crippen molar-refractivity contribution in [2.45, 2.75) is 19.5 Å². The van der Waals surface area contributed by atoms with Gasteiger partial charge in [-0.2, -0.15) is 13.2 Å². The maximum atomic E-state index is 12.5. The average Bonchev–Trinajstić information content (AvgIpc) is 2.10. The monoisotopic (exact) mass is 234 g/mol. The first-order valence-corrected chi connectivity index (χ1v) is 4.34. The molecular formula is C10H9F3O3. The lowest BCUT2D eigenvalue weighted by molar-refractivity contribution is -0.138. The fraction of sp³-hybridized carbons (Fsp3) is 0.300.